The highest BCUT2D eigenvalue weighted by Gasteiger charge is 2.37. The van der Waals surface area contributed by atoms with E-state index in [1.165, 1.54) is 51.4 Å². The van der Waals surface area contributed by atoms with Gasteiger partial charge in [0.25, 0.3) is 0 Å². The Morgan fingerprint density at radius 3 is 1.48 bits per heavy atom. The molecule has 0 unspecified atom stereocenters. The third kappa shape index (κ3) is 11.4. The highest BCUT2D eigenvalue weighted by molar-refractivity contribution is 6.67. The van der Waals surface area contributed by atoms with Crippen LogP contribution < -0.4 is 0 Å². The van der Waals surface area contributed by atoms with Crippen molar-refractivity contribution in [2.45, 2.75) is 117 Å². The molecule has 0 bridgehead atoms. The predicted molar refractivity (Wildman–Crippen MR) is 96.1 cm³/mol. The molecule has 0 aromatic carbocycles. The van der Waals surface area contributed by atoms with Crippen LogP contribution in [0.3, 0.4) is 0 Å². The first-order chi connectivity index (χ1) is 9.95. The lowest BCUT2D eigenvalue weighted by Gasteiger charge is -2.33. The van der Waals surface area contributed by atoms with Crippen molar-refractivity contribution in [3.63, 3.8) is 0 Å². The van der Waals surface area contributed by atoms with Crippen LogP contribution in [0.25, 0.3) is 0 Å². The van der Waals surface area contributed by atoms with Crippen molar-refractivity contribution < 1.29 is 8.85 Å². The average molecular weight is 317 g/mol. The Morgan fingerprint density at radius 1 is 0.667 bits per heavy atom. The lowest BCUT2D eigenvalue weighted by Crippen LogP contribution is -2.45. The monoisotopic (exact) mass is 316 g/mol. The summed E-state index contributed by atoms with van der Waals surface area (Å²) in [5.74, 6) is 0. The molecule has 0 aliphatic heterocycles. The predicted octanol–water partition coefficient (Wildman–Crippen LogP) is 6.44. The van der Waals surface area contributed by atoms with Crippen LogP contribution in [0.5, 0.6) is 0 Å². The second-order valence-electron chi connectivity index (χ2n) is 6.82. The Bertz CT molecular complexity index is 219. The van der Waals surface area contributed by atoms with Gasteiger partial charge in [0, 0.05) is 12.2 Å². The van der Waals surface area contributed by atoms with Crippen LogP contribution in [0.4, 0.5) is 0 Å². The molecule has 0 heterocycles. The molecule has 0 radical (unpaired) electrons. The zero-order valence-electron chi connectivity index (χ0n) is 15.5. The lowest BCUT2D eigenvalue weighted by molar-refractivity contribution is 0.104. The quantitative estimate of drug-likeness (QED) is 0.271. The zero-order chi connectivity index (χ0) is 16.1. The van der Waals surface area contributed by atoms with Gasteiger partial charge >= 0.3 is 8.56 Å². The molecule has 0 aliphatic rings. The fourth-order valence-electron chi connectivity index (χ4n) is 2.88. The fourth-order valence-corrected chi connectivity index (χ4v) is 6.36. The van der Waals surface area contributed by atoms with Gasteiger partial charge in [0.05, 0.1) is 0 Å². The number of unbranched alkanes of at least 4 members (excludes halogenated alkanes) is 7. The highest BCUT2D eigenvalue weighted by atomic mass is 28.4. The van der Waals surface area contributed by atoms with Crippen LogP contribution in [0.2, 0.25) is 12.1 Å². The molecule has 0 rings (SSSR count). The Labute approximate surface area is 135 Å². The van der Waals surface area contributed by atoms with Crippen LogP contribution in [-0.2, 0) is 8.85 Å². The lowest BCUT2D eigenvalue weighted by atomic mass is 10.1. The molecule has 0 N–H and O–H groups in total. The summed E-state index contributed by atoms with van der Waals surface area (Å²) in [5.41, 5.74) is 0. The molecule has 0 fully saturated rings. The van der Waals surface area contributed by atoms with Crippen LogP contribution in [-0.4, -0.2) is 20.8 Å². The maximum Gasteiger partial charge on any atom is 0.338 e. The first-order valence-electron chi connectivity index (χ1n) is 9.31. The Morgan fingerprint density at radius 2 is 1.10 bits per heavy atom. The van der Waals surface area contributed by atoms with Gasteiger partial charge in [-0.2, -0.15) is 0 Å². The van der Waals surface area contributed by atoms with E-state index in [4.69, 9.17) is 8.85 Å². The molecule has 0 aromatic rings. The fraction of sp³-hybridized carbons (Fsp3) is 1.00. The minimum absolute atomic E-state index is 0.282. The Hall–Kier alpha value is 0.137. The molecule has 0 atom stereocenters. The summed E-state index contributed by atoms with van der Waals surface area (Å²) >= 11 is 0. The third-order valence-electron chi connectivity index (χ3n) is 3.85. The maximum absolute atomic E-state index is 6.27. The average Bonchev–Trinajstić information content (AvgIpc) is 2.40. The van der Waals surface area contributed by atoms with Crippen LogP contribution >= 0.6 is 0 Å². The van der Waals surface area contributed by atoms with Gasteiger partial charge in [-0.15, -0.1) is 0 Å². The van der Waals surface area contributed by atoms with Gasteiger partial charge in [-0.3, -0.25) is 0 Å². The summed E-state index contributed by atoms with van der Waals surface area (Å²) in [6.45, 7) is 13.0. The van der Waals surface area contributed by atoms with Gasteiger partial charge in [-0.1, -0.05) is 65.2 Å². The van der Waals surface area contributed by atoms with Crippen LogP contribution in [0.1, 0.15) is 92.9 Å². The molecule has 0 saturated heterocycles. The van der Waals surface area contributed by atoms with Crippen LogP contribution in [0, 0.1) is 0 Å². The number of hydrogen-bond donors (Lipinski definition) is 0. The molecule has 0 aliphatic carbocycles. The van der Waals surface area contributed by atoms with Crippen molar-refractivity contribution in [3.8, 4) is 0 Å². The van der Waals surface area contributed by atoms with Gasteiger partial charge < -0.3 is 8.85 Å². The molecule has 0 aromatic heterocycles. The summed E-state index contributed by atoms with van der Waals surface area (Å²) in [7, 11) is -1.98. The van der Waals surface area contributed by atoms with Crippen molar-refractivity contribution in [2.75, 3.05) is 0 Å². The molecule has 0 saturated carbocycles. The van der Waals surface area contributed by atoms with Crippen molar-refractivity contribution in [1.82, 2.24) is 0 Å². The Kier molecular flexibility index (Phi) is 12.7. The highest BCUT2D eigenvalue weighted by Crippen LogP contribution is 2.26. The second kappa shape index (κ2) is 12.7. The van der Waals surface area contributed by atoms with E-state index in [1.54, 1.807) is 0 Å². The van der Waals surface area contributed by atoms with E-state index in [0.717, 1.165) is 12.1 Å². The van der Waals surface area contributed by atoms with Crippen molar-refractivity contribution in [2.24, 2.45) is 0 Å². The first kappa shape index (κ1) is 21.1. The van der Waals surface area contributed by atoms with Gasteiger partial charge in [0.15, 0.2) is 0 Å². The van der Waals surface area contributed by atoms with Gasteiger partial charge in [-0.05, 0) is 39.8 Å². The summed E-state index contributed by atoms with van der Waals surface area (Å²) in [6, 6.07) is 2.23. The first-order valence-corrected chi connectivity index (χ1v) is 11.5. The van der Waals surface area contributed by atoms with Gasteiger partial charge in [0.1, 0.15) is 0 Å². The summed E-state index contributed by atoms with van der Waals surface area (Å²) in [5, 5.41) is 0. The van der Waals surface area contributed by atoms with Crippen molar-refractivity contribution in [3.05, 3.63) is 0 Å². The van der Waals surface area contributed by atoms with E-state index in [2.05, 4.69) is 41.5 Å². The minimum atomic E-state index is -1.98. The van der Waals surface area contributed by atoms with E-state index in [-0.39, 0.29) is 12.2 Å². The smallest absolute Gasteiger partial charge is 0.338 e. The van der Waals surface area contributed by atoms with E-state index in [1.807, 2.05) is 0 Å². The molecule has 3 heteroatoms. The van der Waals surface area contributed by atoms with Crippen LogP contribution in [0.15, 0.2) is 0 Å². The Balaban J connectivity index is 4.00. The summed E-state index contributed by atoms with van der Waals surface area (Å²) in [6.07, 6.45) is 11.5. The standard InChI is InChI=1S/C18H40O2Si/c1-7-9-10-11-12-13-14-15-16-21(8-2,19-17(3)4)20-18(5)6/h17-18H,7-16H2,1-6H3. The topological polar surface area (TPSA) is 18.5 Å². The van der Waals surface area contributed by atoms with Crippen molar-refractivity contribution >= 4 is 8.56 Å². The maximum atomic E-state index is 6.27. The number of rotatable bonds is 14. The summed E-state index contributed by atoms with van der Waals surface area (Å²) < 4.78 is 12.5. The minimum Gasteiger partial charge on any atom is -0.392 e. The second-order valence-corrected chi connectivity index (χ2v) is 10.3. The van der Waals surface area contributed by atoms with E-state index in [9.17, 15) is 0 Å². The molecule has 2 nitrogen and oxygen atoms in total. The molecule has 128 valence electrons. The van der Waals surface area contributed by atoms with Gasteiger partial charge in [-0.25, -0.2) is 0 Å². The SMILES string of the molecule is CCCCCCCCCC[Si](CC)(OC(C)C)OC(C)C. The summed E-state index contributed by atoms with van der Waals surface area (Å²) in [4.78, 5) is 0. The largest absolute Gasteiger partial charge is 0.392 e. The number of hydrogen-bond acceptors (Lipinski definition) is 2. The normalized spacial score (nSPS) is 12.6. The van der Waals surface area contributed by atoms with Gasteiger partial charge in [0.2, 0.25) is 0 Å². The zero-order valence-corrected chi connectivity index (χ0v) is 16.5. The molecule has 21 heavy (non-hydrogen) atoms. The van der Waals surface area contributed by atoms with E-state index < -0.39 is 8.56 Å². The van der Waals surface area contributed by atoms with E-state index >= 15 is 0 Å². The molecule has 0 amide bonds. The van der Waals surface area contributed by atoms with Crippen molar-refractivity contribution in [1.29, 1.82) is 0 Å². The molecular weight excluding hydrogens is 276 g/mol. The molecule has 0 spiro atoms. The third-order valence-corrected chi connectivity index (χ3v) is 7.85. The van der Waals surface area contributed by atoms with E-state index in [0.29, 0.717) is 0 Å². The molecular formula is C18H40O2Si.